The molecule has 0 N–H and O–H groups in total. The molecule has 0 bridgehead atoms. The Balaban J connectivity index is 1.79. The fourth-order valence-electron chi connectivity index (χ4n) is 2.49. The molecule has 0 spiro atoms. The molecule has 0 saturated carbocycles. The van der Waals surface area contributed by atoms with Crippen molar-refractivity contribution in [3.8, 4) is 6.07 Å². The number of amides is 2. The summed E-state index contributed by atoms with van der Waals surface area (Å²) in [5, 5.41) is 20.9. The number of nitrogens with zero attached hydrogens (tertiary/aromatic N) is 3. The van der Waals surface area contributed by atoms with Crippen LogP contribution < -0.4 is 0 Å². The van der Waals surface area contributed by atoms with Gasteiger partial charge in [0, 0.05) is 6.07 Å². The van der Waals surface area contributed by atoms with Gasteiger partial charge in [0.2, 0.25) is 0 Å². The molecule has 0 saturated heterocycles. The number of hydrogen-bond donors (Lipinski definition) is 0. The number of para-hydroxylation sites is 1. The molecule has 8 heteroatoms. The van der Waals surface area contributed by atoms with Gasteiger partial charge in [0.15, 0.2) is 0 Å². The number of hydrogen-bond acceptors (Lipinski definition) is 6. The maximum absolute atomic E-state index is 12.2. The van der Waals surface area contributed by atoms with Crippen molar-refractivity contribution >= 4 is 23.6 Å². The van der Waals surface area contributed by atoms with Crippen LogP contribution in [-0.2, 0) is 4.84 Å². The molecule has 0 fully saturated rings. The van der Waals surface area contributed by atoms with Gasteiger partial charge < -0.3 is 0 Å². The van der Waals surface area contributed by atoms with Crippen LogP contribution in [0.5, 0.6) is 0 Å². The Morgan fingerprint density at radius 1 is 1.12 bits per heavy atom. The van der Waals surface area contributed by atoms with Crippen LogP contribution in [0.3, 0.4) is 0 Å². The minimum atomic E-state index is -0.617. The van der Waals surface area contributed by atoms with Gasteiger partial charge in [0.05, 0.1) is 33.3 Å². The van der Waals surface area contributed by atoms with Gasteiger partial charge in [-0.15, -0.1) is 5.06 Å². The highest BCUT2D eigenvalue weighted by Crippen LogP contribution is 2.24. The summed E-state index contributed by atoms with van der Waals surface area (Å²) in [4.78, 5) is 40.1. The molecule has 1 aliphatic heterocycles. The van der Waals surface area contributed by atoms with Crippen LogP contribution in [0.4, 0.5) is 5.69 Å². The van der Waals surface area contributed by atoms with Gasteiger partial charge in [0.1, 0.15) is 6.61 Å². The van der Waals surface area contributed by atoms with E-state index in [0.29, 0.717) is 5.06 Å². The van der Waals surface area contributed by atoms with Gasteiger partial charge in [-0.2, -0.15) is 5.26 Å². The fraction of sp³-hybridized carbons (Fsp3) is 0.0556. The number of nitriles is 1. The maximum Gasteiger partial charge on any atom is 0.285 e. The average Bonchev–Trinajstić information content (AvgIpc) is 2.90. The van der Waals surface area contributed by atoms with E-state index in [2.05, 4.69) is 0 Å². The van der Waals surface area contributed by atoms with Gasteiger partial charge in [-0.05, 0) is 24.3 Å². The normalized spacial score (nSPS) is 13.5. The topological polar surface area (TPSA) is 114 Å². The number of rotatable bonds is 5. The molecule has 3 rings (SSSR count). The lowest BCUT2D eigenvalue weighted by Gasteiger charge is -2.12. The SMILES string of the molecule is N#C/C(=C\c1ccccc1[N+](=O)[O-])CON1C(=O)c2ccccc2C1=O. The van der Waals surface area contributed by atoms with E-state index in [1.54, 1.807) is 18.2 Å². The monoisotopic (exact) mass is 349 g/mol. The molecular weight excluding hydrogens is 338 g/mol. The van der Waals surface area contributed by atoms with Gasteiger partial charge >= 0.3 is 0 Å². The predicted octanol–water partition coefficient (Wildman–Crippen LogP) is 2.73. The molecule has 8 nitrogen and oxygen atoms in total. The average molecular weight is 349 g/mol. The zero-order chi connectivity index (χ0) is 18.7. The maximum atomic E-state index is 12.2. The van der Waals surface area contributed by atoms with Crippen molar-refractivity contribution in [3.05, 3.63) is 80.9 Å². The summed E-state index contributed by atoms with van der Waals surface area (Å²) in [7, 11) is 0. The number of fused-ring (bicyclic) bond motifs is 1. The van der Waals surface area contributed by atoms with Crippen molar-refractivity contribution < 1.29 is 19.3 Å². The quantitative estimate of drug-likeness (QED) is 0.355. The largest absolute Gasteiger partial charge is 0.285 e. The third-order valence-electron chi connectivity index (χ3n) is 3.71. The molecule has 2 aromatic rings. The number of hydroxylamine groups is 2. The Bertz CT molecular complexity index is 955. The highest BCUT2D eigenvalue weighted by Gasteiger charge is 2.36. The Hall–Kier alpha value is -3.83. The molecule has 0 atom stereocenters. The number of carbonyl (C=O) groups is 2. The first-order valence-corrected chi connectivity index (χ1v) is 7.47. The van der Waals surface area contributed by atoms with Gasteiger partial charge in [-0.3, -0.25) is 24.5 Å². The second-order valence-electron chi connectivity index (χ2n) is 5.32. The van der Waals surface area contributed by atoms with E-state index < -0.39 is 16.7 Å². The third-order valence-corrected chi connectivity index (χ3v) is 3.71. The Labute approximate surface area is 147 Å². The molecule has 0 aromatic heterocycles. The summed E-state index contributed by atoms with van der Waals surface area (Å²) in [5.41, 5.74) is 0.522. The fourth-order valence-corrected chi connectivity index (χ4v) is 2.49. The molecule has 0 unspecified atom stereocenters. The number of benzene rings is 2. The smallest absolute Gasteiger partial charge is 0.266 e. The van der Waals surface area contributed by atoms with E-state index in [-0.39, 0.29) is 34.6 Å². The first-order valence-electron chi connectivity index (χ1n) is 7.47. The number of carbonyl (C=O) groups excluding carboxylic acids is 2. The summed E-state index contributed by atoms with van der Waals surface area (Å²) in [6.07, 6.45) is 1.29. The summed E-state index contributed by atoms with van der Waals surface area (Å²) < 4.78 is 0. The minimum absolute atomic E-state index is 0.0239. The van der Waals surface area contributed by atoms with E-state index in [1.807, 2.05) is 6.07 Å². The van der Waals surface area contributed by atoms with Crippen molar-refractivity contribution in [1.29, 1.82) is 5.26 Å². The van der Waals surface area contributed by atoms with E-state index in [1.165, 1.54) is 36.4 Å². The molecule has 1 heterocycles. The second-order valence-corrected chi connectivity index (χ2v) is 5.32. The van der Waals surface area contributed by atoms with Crippen molar-refractivity contribution in [2.75, 3.05) is 6.61 Å². The molecule has 26 heavy (non-hydrogen) atoms. The lowest BCUT2D eigenvalue weighted by molar-refractivity contribution is -0.385. The Kier molecular flexibility index (Phi) is 4.55. The summed E-state index contributed by atoms with van der Waals surface area (Å²) in [5.74, 6) is -1.23. The van der Waals surface area contributed by atoms with Crippen LogP contribution in [0.2, 0.25) is 0 Å². The van der Waals surface area contributed by atoms with Crippen molar-refractivity contribution in [2.24, 2.45) is 0 Å². The number of imide groups is 1. The van der Waals surface area contributed by atoms with E-state index in [9.17, 15) is 25.0 Å². The molecule has 1 aliphatic rings. The van der Waals surface area contributed by atoms with Crippen LogP contribution in [-0.4, -0.2) is 28.4 Å². The van der Waals surface area contributed by atoms with Crippen LogP contribution in [0.25, 0.3) is 6.08 Å². The standard InChI is InChI=1S/C18H11N3O5/c19-10-12(9-13-5-1-4-8-16(13)21(24)25)11-26-20-17(22)14-6-2-3-7-15(14)18(20)23/h1-9H,11H2/b12-9+. The third kappa shape index (κ3) is 3.07. The summed E-state index contributed by atoms with van der Waals surface area (Å²) in [6.45, 7) is -0.381. The van der Waals surface area contributed by atoms with Gasteiger partial charge in [-0.1, -0.05) is 24.3 Å². The number of nitro benzene ring substituents is 1. The van der Waals surface area contributed by atoms with Crippen LogP contribution in [0, 0.1) is 21.4 Å². The Morgan fingerprint density at radius 3 is 2.27 bits per heavy atom. The molecule has 128 valence electrons. The lowest BCUT2D eigenvalue weighted by atomic mass is 10.1. The molecule has 0 aliphatic carbocycles. The zero-order valence-electron chi connectivity index (χ0n) is 13.3. The minimum Gasteiger partial charge on any atom is -0.266 e. The van der Waals surface area contributed by atoms with Gasteiger partial charge in [-0.25, -0.2) is 0 Å². The summed E-state index contributed by atoms with van der Waals surface area (Å²) >= 11 is 0. The zero-order valence-corrected chi connectivity index (χ0v) is 13.3. The van der Waals surface area contributed by atoms with Crippen LogP contribution in [0.1, 0.15) is 26.3 Å². The van der Waals surface area contributed by atoms with Crippen molar-refractivity contribution in [3.63, 3.8) is 0 Å². The van der Waals surface area contributed by atoms with E-state index in [4.69, 9.17) is 4.84 Å². The van der Waals surface area contributed by atoms with Crippen LogP contribution in [0.15, 0.2) is 54.1 Å². The highest BCUT2D eigenvalue weighted by molar-refractivity contribution is 6.20. The summed E-state index contributed by atoms with van der Waals surface area (Å²) in [6, 6.07) is 14.0. The second kappa shape index (κ2) is 6.96. The first-order chi connectivity index (χ1) is 12.5. The van der Waals surface area contributed by atoms with Crippen molar-refractivity contribution in [2.45, 2.75) is 0 Å². The van der Waals surface area contributed by atoms with E-state index >= 15 is 0 Å². The van der Waals surface area contributed by atoms with Crippen LogP contribution >= 0.6 is 0 Å². The highest BCUT2D eigenvalue weighted by atomic mass is 16.7. The lowest BCUT2D eigenvalue weighted by Crippen LogP contribution is -2.30. The molecular formula is C18H11N3O5. The van der Waals surface area contributed by atoms with E-state index in [0.717, 1.165) is 0 Å². The molecule has 0 radical (unpaired) electrons. The van der Waals surface area contributed by atoms with Crippen molar-refractivity contribution in [1.82, 2.24) is 5.06 Å². The Morgan fingerprint density at radius 2 is 1.69 bits per heavy atom. The van der Waals surface area contributed by atoms with Gasteiger partial charge in [0.25, 0.3) is 17.5 Å². The molecule has 2 amide bonds. The first kappa shape index (κ1) is 17.0. The molecule has 2 aromatic carbocycles. The number of nitro groups is 1. The predicted molar refractivity (Wildman–Crippen MR) is 89.6 cm³/mol.